The van der Waals surface area contributed by atoms with Crippen molar-refractivity contribution in [3.05, 3.63) is 108 Å². The van der Waals surface area contributed by atoms with Gasteiger partial charge in [-0.05, 0) is 53.6 Å². The molecule has 0 aromatic heterocycles. The zero-order valence-corrected chi connectivity index (χ0v) is 21.4. The molecule has 3 N–H and O–H groups in total. The van der Waals surface area contributed by atoms with Crippen LogP contribution in [0.15, 0.2) is 91.0 Å². The van der Waals surface area contributed by atoms with Crippen LogP contribution in [0.3, 0.4) is 0 Å². The fraction of sp³-hybridized carbons (Fsp3) is 0.394. The first-order valence-corrected chi connectivity index (χ1v) is 13.7. The normalized spacial score (nSPS) is 10.9. The summed E-state index contributed by atoms with van der Waals surface area (Å²) in [5, 5.41) is 3.38. The maximum absolute atomic E-state index is 5.51. The van der Waals surface area contributed by atoms with E-state index in [0.717, 1.165) is 26.1 Å². The van der Waals surface area contributed by atoms with Gasteiger partial charge in [-0.3, -0.25) is 0 Å². The number of benzene rings is 3. The molecule has 0 saturated heterocycles. The third-order valence-corrected chi connectivity index (χ3v) is 6.65. The van der Waals surface area contributed by atoms with Gasteiger partial charge in [0.1, 0.15) is 0 Å². The van der Waals surface area contributed by atoms with E-state index in [9.17, 15) is 0 Å². The maximum Gasteiger partial charge on any atom is 0.00745 e. The lowest BCUT2D eigenvalue weighted by Crippen LogP contribution is -2.23. The topological polar surface area (TPSA) is 38.0 Å². The van der Waals surface area contributed by atoms with E-state index in [-0.39, 0.29) is 0 Å². The summed E-state index contributed by atoms with van der Waals surface area (Å²) in [6.45, 7) is 2.80. The van der Waals surface area contributed by atoms with Crippen LogP contribution in [0.4, 0.5) is 0 Å². The molecule has 0 aliphatic carbocycles. The molecule has 0 atom stereocenters. The lowest BCUT2D eigenvalue weighted by Gasteiger charge is -2.17. The Labute approximate surface area is 213 Å². The van der Waals surface area contributed by atoms with Gasteiger partial charge in [0.2, 0.25) is 0 Å². The molecule has 0 radical (unpaired) electrons. The highest BCUT2D eigenvalue weighted by molar-refractivity contribution is 5.98. The Hall–Kier alpha value is -2.68. The van der Waals surface area contributed by atoms with Gasteiger partial charge in [0, 0.05) is 13.1 Å². The summed E-state index contributed by atoms with van der Waals surface area (Å²) in [5.41, 5.74) is 12.3. The van der Waals surface area contributed by atoms with Gasteiger partial charge >= 0.3 is 0 Å². The van der Waals surface area contributed by atoms with E-state index < -0.39 is 0 Å². The van der Waals surface area contributed by atoms with Gasteiger partial charge in [0.05, 0.1) is 0 Å². The highest BCUT2D eigenvalue weighted by Crippen LogP contribution is 2.35. The zero-order chi connectivity index (χ0) is 24.4. The Morgan fingerprint density at radius 3 is 1.40 bits per heavy atom. The molecule has 0 bridgehead atoms. The first-order chi connectivity index (χ1) is 17.4. The number of hydrogen-bond acceptors (Lipinski definition) is 2. The predicted molar refractivity (Wildman–Crippen MR) is 153 cm³/mol. The molecule has 0 spiro atoms. The number of rotatable bonds is 17. The molecular formula is C33H44N2. The summed E-state index contributed by atoms with van der Waals surface area (Å²) in [4.78, 5) is 0. The van der Waals surface area contributed by atoms with Crippen molar-refractivity contribution < 1.29 is 0 Å². The van der Waals surface area contributed by atoms with Crippen molar-refractivity contribution in [3.63, 3.8) is 0 Å². The van der Waals surface area contributed by atoms with Crippen molar-refractivity contribution >= 4 is 11.1 Å². The van der Waals surface area contributed by atoms with Crippen LogP contribution < -0.4 is 11.1 Å². The molecule has 0 aliphatic rings. The highest BCUT2D eigenvalue weighted by Gasteiger charge is 2.13. The SMILES string of the molecule is NCCNCCCCCCCCCCCC(=C(c1ccccc1)c1ccccc1)c1ccccc1. The van der Waals surface area contributed by atoms with Crippen LogP contribution in [0.25, 0.3) is 11.1 Å². The van der Waals surface area contributed by atoms with Crippen molar-refractivity contribution in [2.75, 3.05) is 19.6 Å². The van der Waals surface area contributed by atoms with Crippen LogP contribution in [0.5, 0.6) is 0 Å². The van der Waals surface area contributed by atoms with Gasteiger partial charge in [0.15, 0.2) is 0 Å². The Bertz CT molecular complexity index is 907. The van der Waals surface area contributed by atoms with Gasteiger partial charge in [0.25, 0.3) is 0 Å². The molecule has 0 fully saturated rings. The van der Waals surface area contributed by atoms with Gasteiger partial charge in [-0.1, -0.05) is 136 Å². The summed E-state index contributed by atoms with van der Waals surface area (Å²) in [6, 6.07) is 32.8. The Balaban J connectivity index is 1.55. The lowest BCUT2D eigenvalue weighted by molar-refractivity contribution is 0.548. The minimum Gasteiger partial charge on any atom is -0.329 e. The van der Waals surface area contributed by atoms with Crippen LogP contribution in [0.1, 0.15) is 80.9 Å². The fourth-order valence-corrected chi connectivity index (χ4v) is 4.79. The van der Waals surface area contributed by atoms with Gasteiger partial charge in [-0.15, -0.1) is 0 Å². The fourth-order valence-electron chi connectivity index (χ4n) is 4.79. The van der Waals surface area contributed by atoms with E-state index in [0.29, 0.717) is 0 Å². The van der Waals surface area contributed by atoms with Crippen LogP contribution >= 0.6 is 0 Å². The summed E-state index contributed by atoms with van der Waals surface area (Å²) < 4.78 is 0. The second-order valence-corrected chi connectivity index (χ2v) is 9.42. The Morgan fingerprint density at radius 2 is 0.914 bits per heavy atom. The minimum absolute atomic E-state index is 0.739. The van der Waals surface area contributed by atoms with Crippen molar-refractivity contribution in [3.8, 4) is 0 Å². The van der Waals surface area contributed by atoms with E-state index in [1.807, 2.05) is 0 Å². The largest absolute Gasteiger partial charge is 0.329 e. The highest BCUT2D eigenvalue weighted by atomic mass is 14.9. The van der Waals surface area contributed by atoms with Gasteiger partial charge in [-0.25, -0.2) is 0 Å². The quantitative estimate of drug-likeness (QED) is 0.155. The first kappa shape index (κ1) is 26.9. The average molecular weight is 469 g/mol. The molecule has 0 saturated carbocycles. The number of hydrogen-bond donors (Lipinski definition) is 2. The first-order valence-electron chi connectivity index (χ1n) is 13.7. The molecule has 0 amide bonds. The molecule has 3 aromatic rings. The summed E-state index contributed by atoms with van der Waals surface area (Å²) in [5.74, 6) is 0. The minimum atomic E-state index is 0.739. The molecule has 0 aliphatic heterocycles. The third-order valence-electron chi connectivity index (χ3n) is 6.65. The molecule has 2 nitrogen and oxygen atoms in total. The Kier molecular flexibility index (Phi) is 13.0. The molecule has 35 heavy (non-hydrogen) atoms. The average Bonchev–Trinajstić information content (AvgIpc) is 2.92. The van der Waals surface area contributed by atoms with Gasteiger partial charge in [-0.2, -0.15) is 0 Å². The van der Waals surface area contributed by atoms with Crippen LogP contribution in [-0.2, 0) is 0 Å². The van der Waals surface area contributed by atoms with Crippen LogP contribution in [0, 0.1) is 0 Å². The summed E-state index contributed by atoms with van der Waals surface area (Å²) in [7, 11) is 0. The predicted octanol–water partition coefficient (Wildman–Crippen LogP) is 8.10. The molecule has 3 rings (SSSR count). The molecule has 0 heterocycles. The number of unbranched alkanes of at least 4 members (excludes halogenated alkanes) is 8. The molecule has 2 heteroatoms. The van der Waals surface area contributed by atoms with Crippen LogP contribution in [-0.4, -0.2) is 19.6 Å². The second-order valence-electron chi connectivity index (χ2n) is 9.42. The number of nitrogens with one attached hydrogen (secondary N) is 1. The Morgan fingerprint density at radius 1 is 0.486 bits per heavy atom. The van der Waals surface area contributed by atoms with E-state index >= 15 is 0 Å². The molecular weight excluding hydrogens is 424 g/mol. The molecule has 3 aromatic carbocycles. The standard InChI is InChI=1S/C33H44N2/c34-26-28-35-27-18-7-5-3-1-2-4-6-17-25-32(29-19-11-8-12-20-29)33(30-21-13-9-14-22-30)31-23-15-10-16-24-31/h8-16,19-24,35H,1-7,17-18,25-28,34H2. The van der Waals surface area contributed by atoms with Crippen LogP contribution in [0.2, 0.25) is 0 Å². The zero-order valence-electron chi connectivity index (χ0n) is 21.4. The monoisotopic (exact) mass is 468 g/mol. The van der Waals surface area contributed by atoms with Crippen molar-refractivity contribution in [1.82, 2.24) is 5.32 Å². The van der Waals surface area contributed by atoms with E-state index in [2.05, 4.69) is 96.3 Å². The number of allylic oxidation sites excluding steroid dienone is 1. The van der Waals surface area contributed by atoms with Crippen molar-refractivity contribution in [1.29, 1.82) is 0 Å². The molecule has 186 valence electrons. The summed E-state index contributed by atoms with van der Waals surface area (Å²) >= 11 is 0. The van der Waals surface area contributed by atoms with Gasteiger partial charge < -0.3 is 11.1 Å². The molecule has 0 unspecified atom stereocenters. The third kappa shape index (κ3) is 9.84. The maximum atomic E-state index is 5.51. The summed E-state index contributed by atoms with van der Waals surface area (Å²) in [6.07, 6.45) is 13.1. The van der Waals surface area contributed by atoms with E-state index in [4.69, 9.17) is 5.73 Å². The van der Waals surface area contributed by atoms with E-state index in [1.165, 1.54) is 85.6 Å². The van der Waals surface area contributed by atoms with Crippen molar-refractivity contribution in [2.45, 2.75) is 64.2 Å². The van der Waals surface area contributed by atoms with Crippen molar-refractivity contribution in [2.24, 2.45) is 5.73 Å². The van der Waals surface area contributed by atoms with E-state index in [1.54, 1.807) is 0 Å². The lowest BCUT2D eigenvalue weighted by atomic mass is 9.87. The smallest absolute Gasteiger partial charge is 0.00745 e. The second kappa shape index (κ2) is 16.9. The number of nitrogens with two attached hydrogens (primary N) is 1.